The Morgan fingerprint density at radius 1 is 0.889 bits per heavy atom. The van der Waals surface area contributed by atoms with E-state index in [1.165, 1.54) is 0 Å². The number of nitrogens with zero attached hydrogens (tertiary/aromatic N) is 1. The van der Waals surface area contributed by atoms with Crippen LogP contribution in [0.15, 0.2) is 66.7 Å². The van der Waals surface area contributed by atoms with Crippen LogP contribution in [0.2, 0.25) is 0 Å². The van der Waals surface area contributed by atoms with Crippen molar-refractivity contribution in [2.24, 2.45) is 0 Å². The molecule has 0 fully saturated rings. The number of rotatable bonds is 6. The number of amides is 2. The fourth-order valence-electron chi connectivity index (χ4n) is 3.17. The standard InChI is InChI=1S/C23H24N2O2/c1-3-8-22(26)24-19-15-13-18(14-16-19)23(27)25(4-2)21-12-7-10-17-9-5-6-11-20(17)21/h5-7,9-16H,3-4,8H2,1-2H3,(H,24,26). The fraction of sp³-hybridized carbons (Fsp3) is 0.217. The summed E-state index contributed by atoms with van der Waals surface area (Å²) >= 11 is 0. The first kappa shape index (κ1) is 18.6. The summed E-state index contributed by atoms with van der Waals surface area (Å²) in [5.41, 5.74) is 2.21. The molecule has 3 aromatic rings. The third-order valence-corrected chi connectivity index (χ3v) is 4.51. The van der Waals surface area contributed by atoms with Gasteiger partial charge >= 0.3 is 0 Å². The smallest absolute Gasteiger partial charge is 0.258 e. The highest BCUT2D eigenvalue weighted by molar-refractivity contribution is 6.11. The second kappa shape index (κ2) is 8.49. The van der Waals surface area contributed by atoms with Crippen LogP contribution in [0.3, 0.4) is 0 Å². The lowest BCUT2D eigenvalue weighted by Crippen LogP contribution is -2.30. The molecule has 0 unspecified atom stereocenters. The topological polar surface area (TPSA) is 49.4 Å². The normalized spacial score (nSPS) is 10.6. The number of nitrogens with one attached hydrogen (secondary N) is 1. The molecule has 0 bridgehead atoms. The van der Waals surface area contributed by atoms with Gasteiger partial charge in [0.05, 0.1) is 5.69 Å². The van der Waals surface area contributed by atoms with Crippen LogP contribution < -0.4 is 10.2 Å². The molecule has 4 nitrogen and oxygen atoms in total. The fourth-order valence-corrected chi connectivity index (χ4v) is 3.17. The van der Waals surface area contributed by atoms with Crippen molar-refractivity contribution in [3.05, 3.63) is 72.3 Å². The van der Waals surface area contributed by atoms with E-state index >= 15 is 0 Å². The zero-order valence-electron chi connectivity index (χ0n) is 15.7. The summed E-state index contributed by atoms with van der Waals surface area (Å²) in [5.74, 6) is -0.0668. The first-order valence-corrected chi connectivity index (χ1v) is 9.33. The summed E-state index contributed by atoms with van der Waals surface area (Å²) < 4.78 is 0. The Kier molecular flexibility index (Phi) is 5.87. The zero-order valence-corrected chi connectivity index (χ0v) is 15.7. The average molecular weight is 360 g/mol. The SMILES string of the molecule is CCCC(=O)Nc1ccc(C(=O)N(CC)c2cccc3ccccc23)cc1. The van der Waals surface area contributed by atoms with Gasteiger partial charge in [-0.15, -0.1) is 0 Å². The van der Waals surface area contributed by atoms with Crippen LogP contribution in [-0.4, -0.2) is 18.4 Å². The lowest BCUT2D eigenvalue weighted by molar-refractivity contribution is -0.116. The first-order chi connectivity index (χ1) is 13.1. The van der Waals surface area contributed by atoms with Crippen molar-refractivity contribution in [3.63, 3.8) is 0 Å². The van der Waals surface area contributed by atoms with Crippen molar-refractivity contribution in [3.8, 4) is 0 Å². The molecule has 0 aliphatic rings. The maximum absolute atomic E-state index is 13.1. The molecule has 2 amide bonds. The summed E-state index contributed by atoms with van der Waals surface area (Å²) in [4.78, 5) is 26.6. The van der Waals surface area contributed by atoms with Gasteiger partial charge in [0.2, 0.25) is 5.91 Å². The quantitative estimate of drug-likeness (QED) is 0.653. The molecule has 0 atom stereocenters. The van der Waals surface area contributed by atoms with Crippen LogP contribution in [0, 0.1) is 0 Å². The van der Waals surface area contributed by atoms with Gasteiger partial charge in [-0.3, -0.25) is 9.59 Å². The summed E-state index contributed by atoms with van der Waals surface area (Å²) in [6, 6.07) is 21.1. The van der Waals surface area contributed by atoms with E-state index < -0.39 is 0 Å². The molecule has 27 heavy (non-hydrogen) atoms. The first-order valence-electron chi connectivity index (χ1n) is 9.33. The van der Waals surface area contributed by atoms with Crippen LogP contribution in [0.1, 0.15) is 37.0 Å². The van der Waals surface area contributed by atoms with Gasteiger partial charge in [0.25, 0.3) is 5.91 Å². The van der Waals surface area contributed by atoms with Crippen molar-refractivity contribution in [1.82, 2.24) is 0 Å². The molecule has 0 saturated carbocycles. The van der Waals surface area contributed by atoms with Gasteiger partial charge in [-0.2, -0.15) is 0 Å². The zero-order chi connectivity index (χ0) is 19.2. The Morgan fingerprint density at radius 2 is 1.59 bits per heavy atom. The Bertz CT molecular complexity index is 943. The van der Waals surface area contributed by atoms with E-state index in [4.69, 9.17) is 0 Å². The predicted molar refractivity (Wildman–Crippen MR) is 111 cm³/mol. The van der Waals surface area contributed by atoms with Crippen LogP contribution in [0.5, 0.6) is 0 Å². The number of hydrogen-bond acceptors (Lipinski definition) is 2. The molecule has 0 aliphatic heterocycles. The minimum atomic E-state index is -0.0553. The number of benzene rings is 3. The average Bonchev–Trinajstić information content (AvgIpc) is 2.69. The van der Waals surface area contributed by atoms with Gasteiger partial charge in [-0.1, -0.05) is 43.3 Å². The second-order valence-corrected chi connectivity index (χ2v) is 6.42. The summed E-state index contributed by atoms with van der Waals surface area (Å²) in [6.07, 6.45) is 1.30. The highest BCUT2D eigenvalue weighted by Gasteiger charge is 2.18. The van der Waals surface area contributed by atoms with E-state index in [2.05, 4.69) is 5.32 Å². The largest absolute Gasteiger partial charge is 0.326 e. The molecule has 0 aromatic heterocycles. The lowest BCUT2D eigenvalue weighted by Gasteiger charge is -2.23. The van der Waals surface area contributed by atoms with Crippen LogP contribution in [0.25, 0.3) is 10.8 Å². The van der Waals surface area contributed by atoms with Crippen molar-refractivity contribution >= 4 is 34.0 Å². The lowest BCUT2D eigenvalue weighted by atomic mass is 10.1. The third kappa shape index (κ3) is 4.17. The Morgan fingerprint density at radius 3 is 2.30 bits per heavy atom. The monoisotopic (exact) mass is 360 g/mol. The van der Waals surface area contributed by atoms with E-state index in [1.54, 1.807) is 29.2 Å². The molecule has 138 valence electrons. The van der Waals surface area contributed by atoms with Gasteiger partial charge < -0.3 is 10.2 Å². The van der Waals surface area contributed by atoms with Crippen LogP contribution >= 0.6 is 0 Å². The molecule has 0 heterocycles. The summed E-state index contributed by atoms with van der Waals surface area (Å²) in [6.45, 7) is 4.51. The maximum atomic E-state index is 13.1. The second-order valence-electron chi connectivity index (χ2n) is 6.42. The predicted octanol–water partition coefficient (Wildman–Crippen LogP) is 5.25. The Hall–Kier alpha value is -3.14. The van der Waals surface area contributed by atoms with Gasteiger partial charge in [0.15, 0.2) is 0 Å². The molecule has 3 aromatic carbocycles. The van der Waals surface area contributed by atoms with Gasteiger partial charge in [-0.25, -0.2) is 0 Å². The van der Waals surface area contributed by atoms with Crippen molar-refractivity contribution in [2.45, 2.75) is 26.7 Å². The minimum Gasteiger partial charge on any atom is -0.326 e. The highest BCUT2D eigenvalue weighted by Crippen LogP contribution is 2.28. The van der Waals surface area contributed by atoms with Crippen LogP contribution in [0.4, 0.5) is 11.4 Å². The number of hydrogen-bond donors (Lipinski definition) is 1. The molecule has 3 rings (SSSR count). The van der Waals surface area contributed by atoms with Gasteiger partial charge in [0.1, 0.15) is 0 Å². The van der Waals surface area contributed by atoms with Gasteiger partial charge in [0, 0.05) is 29.6 Å². The van der Waals surface area contributed by atoms with E-state index in [1.807, 2.05) is 56.3 Å². The molecule has 4 heteroatoms. The number of anilines is 2. The van der Waals surface area contributed by atoms with E-state index in [0.29, 0.717) is 24.2 Å². The molecule has 0 radical (unpaired) electrons. The highest BCUT2D eigenvalue weighted by atomic mass is 16.2. The molecule has 0 spiro atoms. The molecule has 1 N–H and O–H groups in total. The van der Waals surface area contributed by atoms with E-state index in [-0.39, 0.29) is 11.8 Å². The van der Waals surface area contributed by atoms with Gasteiger partial charge in [-0.05, 0) is 49.1 Å². The molecular weight excluding hydrogens is 336 g/mol. The van der Waals surface area contributed by atoms with E-state index in [0.717, 1.165) is 22.9 Å². The number of fused-ring (bicyclic) bond motifs is 1. The molecule has 0 aliphatic carbocycles. The molecule has 0 saturated heterocycles. The van der Waals surface area contributed by atoms with E-state index in [9.17, 15) is 9.59 Å². The van der Waals surface area contributed by atoms with Crippen molar-refractivity contribution in [2.75, 3.05) is 16.8 Å². The Balaban J connectivity index is 1.85. The minimum absolute atomic E-state index is 0.0116. The van der Waals surface area contributed by atoms with Crippen molar-refractivity contribution < 1.29 is 9.59 Å². The van der Waals surface area contributed by atoms with Crippen LogP contribution in [-0.2, 0) is 4.79 Å². The van der Waals surface area contributed by atoms with Crippen molar-refractivity contribution in [1.29, 1.82) is 0 Å². The molecular formula is C23H24N2O2. The number of carbonyl (C=O) groups is 2. The maximum Gasteiger partial charge on any atom is 0.258 e. The summed E-state index contributed by atoms with van der Waals surface area (Å²) in [7, 11) is 0. The third-order valence-electron chi connectivity index (χ3n) is 4.51. The Labute approximate surface area is 159 Å². The number of carbonyl (C=O) groups excluding carboxylic acids is 2. The summed E-state index contributed by atoms with van der Waals surface area (Å²) in [5, 5.41) is 5.01.